The third-order valence-corrected chi connectivity index (χ3v) is 5.55. The summed E-state index contributed by atoms with van der Waals surface area (Å²) in [4.78, 5) is 24.9. The van der Waals surface area contributed by atoms with Gasteiger partial charge >= 0.3 is 5.97 Å². The van der Waals surface area contributed by atoms with Gasteiger partial charge in [-0.05, 0) is 47.5 Å². The van der Waals surface area contributed by atoms with Crippen molar-refractivity contribution < 1.29 is 14.3 Å². The molecule has 1 N–H and O–H groups in total. The first-order valence-electron chi connectivity index (χ1n) is 6.25. The van der Waals surface area contributed by atoms with Gasteiger partial charge < -0.3 is 10.1 Å². The second-order valence-electron chi connectivity index (χ2n) is 4.15. The summed E-state index contributed by atoms with van der Waals surface area (Å²) in [5.74, 6) is -0.801. The highest BCUT2D eigenvalue weighted by atomic mass is 79.9. The summed E-state index contributed by atoms with van der Waals surface area (Å²) < 4.78 is 5.80. The molecule has 0 spiro atoms. The number of hydrogen-bond donors (Lipinski definition) is 1. The van der Waals surface area contributed by atoms with Crippen LogP contribution in [0, 0.1) is 18.3 Å². The van der Waals surface area contributed by atoms with Gasteiger partial charge in [-0.15, -0.1) is 22.7 Å². The average Bonchev–Trinajstić information content (AvgIpc) is 3.03. The van der Waals surface area contributed by atoms with Crippen molar-refractivity contribution in [1.29, 1.82) is 5.26 Å². The summed E-state index contributed by atoms with van der Waals surface area (Å²) in [6.45, 7) is 3.63. The molecule has 0 unspecified atom stereocenters. The molecule has 22 heavy (non-hydrogen) atoms. The van der Waals surface area contributed by atoms with Crippen LogP contribution < -0.4 is 5.32 Å². The van der Waals surface area contributed by atoms with E-state index < -0.39 is 5.97 Å². The van der Waals surface area contributed by atoms with E-state index in [2.05, 4.69) is 21.2 Å². The molecule has 2 aromatic heterocycles. The molecule has 114 valence electrons. The molecule has 0 saturated heterocycles. The quantitative estimate of drug-likeness (QED) is 0.783. The number of halogens is 1. The van der Waals surface area contributed by atoms with Crippen molar-refractivity contribution in [3.05, 3.63) is 36.8 Å². The lowest BCUT2D eigenvalue weighted by molar-refractivity contribution is 0.0531. The van der Waals surface area contributed by atoms with Crippen LogP contribution in [0.15, 0.2) is 15.9 Å². The first kappa shape index (κ1) is 16.7. The van der Waals surface area contributed by atoms with E-state index in [-0.39, 0.29) is 18.1 Å². The molecule has 0 aliphatic rings. The van der Waals surface area contributed by atoms with Gasteiger partial charge in [0.1, 0.15) is 15.9 Å². The number of ether oxygens (including phenoxy) is 1. The summed E-state index contributed by atoms with van der Waals surface area (Å²) in [6.07, 6.45) is 0. The number of carbonyl (C=O) groups excluding carboxylic acids is 2. The van der Waals surface area contributed by atoms with Gasteiger partial charge in [0.05, 0.1) is 20.8 Å². The number of anilines is 1. The molecular formula is C14H11BrN2O3S2. The van der Waals surface area contributed by atoms with E-state index in [9.17, 15) is 14.9 Å². The molecule has 0 bridgehead atoms. The number of amides is 1. The number of hydrogen-bond acceptors (Lipinski definition) is 6. The molecule has 0 radical (unpaired) electrons. The van der Waals surface area contributed by atoms with Crippen molar-refractivity contribution in [3.8, 4) is 6.07 Å². The molecule has 2 heterocycles. The monoisotopic (exact) mass is 398 g/mol. The van der Waals surface area contributed by atoms with Crippen LogP contribution in [0.3, 0.4) is 0 Å². The van der Waals surface area contributed by atoms with Crippen LogP contribution in [0.2, 0.25) is 0 Å². The molecular weight excluding hydrogens is 388 g/mol. The number of nitriles is 1. The van der Waals surface area contributed by atoms with Crippen molar-refractivity contribution in [3.63, 3.8) is 0 Å². The number of rotatable bonds is 4. The van der Waals surface area contributed by atoms with Gasteiger partial charge in [-0.25, -0.2) is 4.79 Å². The fourth-order valence-corrected chi connectivity index (χ4v) is 4.06. The van der Waals surface area contributed by atoms with Gasteiger partial charge in [0.2, 0.25) is 0 Å². The summed E-state index contributed by atoms with van der Waals surface area (Å²) in [5.41, 5.74) is 0.811. The predicted molar refractivity (Wildman–Crippen MR) is 89.7 cm³/mol. The van der Waals surface area contributed by atoms with Crippen molar-refractivity contribution in [2.45, 2.75) is 13.8 Å². The normalized spacial score (nSPS) is 10.1. The lowest BCUT2D eigenvalue weighted by Crippen LogP contribution is -2.09. The van der Waals surface area contributed by atoms with Crippen LogP contribution in [0.25, 0.3) is 0 Å². The maximum atomic E-state index is 12.2. The minimum Gasteiger partial charge on any atom is -0.462 e. The highest BCUT2D eigenvalue weighted by Gasteiger charge is 2.22. The van der Waals surface area contributed by atoms with Crippen LogP contribution in [-0.2, 0) is 4.74 Å². The third-order valence-electron chi connectivity index (χ3n) is 2.74. The van der Waals surface area contributed by atoms with Crippen molar-refractivity contribution >= 4 is 55.5 Å². The molecule has 0 saturated carbocycles. The first-order valence-corrected chi connectivity index (χ1v) is 8.67. The molecule has 0 atom stereocenters. The first-order chi connectivity index (χ1) is 10.5. The van der Waals surface area contributed by atoms with Gasteiger partial charge in [-0.2, -0.15) is 5.26 Å². The minimum atomic E-state index is -0.485. The zero-order valence-corrected chi connectivity index (χ0v) is 14.9. The summed E-state index contributed by atoms with van der Waals surface area (Å²) >= 11 is 5.63. The van der Waals surface area contributed by atoms with E-state index in [1.807, 2.05) is 6.07 Å². The predicted octanol–water partition coefficient (Wildman–Crippen LogP) is 4.18. The van der Waals surface area contributed by atoms with Crippen molar-refractivity contribution in [1.82, 2.24) is 0 Å². The Balaban J connectivity index is 2.31. The second kappa shape index (κ2) is 7.05. The Morgan fingerprint density at radius 1 is 1.41 bits per heavy atom. The SMILES string of the molecule is CCOC(=O)c1sc(NC(=O)c2ccc(Br)s2)c(C#N)c1C. The maximum absolute atomic E-state index is 12.2. The number of nitrogens with one attached hydrogen (secondary N) is 1. The highest BCUT2D eigenvalue weighted by Crippen LogP contribution is 2.34. The summed E-state index contributed by atoms with van der Waals surface area (Å²) in [5, 5.41) is 12.3. The fraction of sp³-hybridized carbons (Fsp3) is 0.214. The molecule has 1 amide bonds. The van der Waals surface area contributed by atoms with Crippen LogP contribution in [0.4, 0.5) is 5.00 Å². The van der Waals surface area contributed by atoms with Crippen LogP contribution in [-0.4, -0.2) is 18.5 Å². The Labute approximate surface area is 143 Å². The Hall–Kier alpha value is -1.69. The van der Waals surface area contributed by atoms with Crippen LogP contribution >= 0.6 is 38.6 Å². The van der Waals surface area contributed by atoms with E-state index in [1.54, 1.807) is 26.0 Å². The molecule has 2 rings (SSSR count). The Morgan fingerprint density at radius 2 is 2.14 bits per heavy atom. The van der Waals surface area contributed by atoms with Crippen molar-refractivity contribution in [2.24, 2.45) is 0 Å². The van der Waals surface area contributed by atoms with Gasteiger partial charge in [-0.3, -0.25) is 4.79 Å². The lowest BCUT2D eigenvalue weighted by Gasteiger charge is -2.00. The van der Waals surface area contributed by atoms with Gasteiger partial charge in [0, 0.05) is 0 Å². The lowest BCUT2D eigenvalue weighted by atomic mass is 10.2. The van der Waals surface area contributed by atoms with Gasteiger partial charge in [0.15, 0.2) is 0 Å². The van der Waals surface area contributed by atoms with Crippen molar-refractivity contribution in [2.75, 3.05) is 11.9 Å². The Bertz CT molecular complexity index is 774. The molecule has 0 fully saturated rings. The van der Waals surface area contributed by atoms with Crippen LogP contribution in [0.1, 0.15) is 37.4 Å². The molecule has 0 aliphatic carbocycles. The Morgan fingerprint density at radius 3 is 2.68 bits per heavy atom. The maximum Gasteiger partial charge on any atom is 0.348 e. The highest BCUT2D eigenvalue weighted by molar-refractivity contribution is 9.11. The second-order valence-corrected chi connectivity index (χ2v) is 7.63. The smallest absolute Gasteiger partial charge is 0.348 e. The molecule has 2 aromatic rings. The number of esters is 1. The fourth-order valence-electron chi connectivity index (χ4n) is 1.73. The molecule has 0 aliphatic heterocycles. The zero-order valence-electron chi connectivity index (χ0n) is 11.7. The third kappa shape index (κ3) is 3.38. The summed E-state index contributed by atoms with van der Waals surface area (Å²) in [7, 11) is 0. The van der Waals surface area contributed by atoms with E-state index in [0.29, 0.717) is 20.3 Å². The summed E-state index contributed by atoms with van der Waals surface area (Å²) in [6, 6.07) is 5.48. The standard InChI is InChI=1S/C14H11BrN2O3S2/c1-3-20-14(19)11-7(2)8(6-16)13(22-11)17-12(18)9-4-5-10(15)21-9/h4-5H,3H2,1-2H3,(H,17,18). The van der Waals surface area contributed by atoms with E-state index in [1.165, 1.54) is 11.3 Å². The van der Waals surface area contributed by atoms with E-state index in [4.69, 9.17) is 4.74 Å². The van der Waals surface area contributed by atoms with Gasteiger partial charge in [-0.1, -0.05) is 0 Å². The Kier molecular flexibility index (Phi) is 5.34. The number of thiophene rings is 2. The topological polar surface area (TPSA) is 79.2 Å². The number of carbonyl (C=O) groups is 2. The largest absolute Gasteiger partial charge is 0.462 e. The van der Waals surface area contributed by atoms with Gasteiger partial charge in [0.25, 0.3) is 5.91 Å². The van der Waals surface area contributed by atoms with E-state index >= 15 is 0 Å². The molecule has 8 heteroatoms. The molecule has 5 nitrogen and oxygen atoms in total. The van der Waals surface area contributed by atoms with Crippen LogP contribution in [0.5, 0.6) is 0 Å². The average molecular weight is 399 g/mol. The number of nitrogens with zero attached hydrogens (tertiary/aromatic N) is 1. The zero-order chi connectivity index (χ0) is 16.3. The van der Waals surface area contributed by atoms with E-state index in [0.717, 1.165) is 15.1 Å². The minimum absolute atomic E-state index is 0.253. The molecule has 0 aromatic carbocycles.